The van der Waals surface area contributed by atoms with E-state index in [1.165, 1.54) is 0 Å². The second-order valence-corrected chi connectivity index (χ2v) is 10.4. The van der Waals surface area contributed by atoms with E-state index in [0.29, 0.717) is 17.8 Å². The van der Waals surface area contributed by atoms with Crippen molar-refractivity contribution in [3.8, 4) is 0 Å². The van der Waals surface area contributed by atoms with Gasteiger partial charge < -0.3 is 0 Å². The average molecular weight is 314 g/mol. The molecular weight excluding hydrogens is 287 g/mol. The third-order valence-electron chi connectivity index (χ3n) is 4.62. The molecule has 1 aliphatic rings. The zero-order valence-corrected chi connectivity index (χ0v) is 14.8. The SMILES string of the molecule is CC(C)(Cl)C1CC(C(C)(C)Cl)CC(C(C)(C)Cl)C1. The predicted octanol–water partition coefficient (Wildman–Crippen LogP) is 6.07. The van der Waals surface area contributed by atoms with E-state index in [1.807, 2.05) is 0 Å². The first-order chi connectivity index (χ1) is 7.82. The second kappa shape index (κ2) is 5.34. The van der Waals surface area contributed by atoms with E-state index in [9.17, 15) is 0 Å². The molecule has 0 saturated heterocycles. The number of hydrogen-bond acceptors (Lipinski definition) is 0. The molecule has 0 N–H and O–H groups in total. The van der Waals surface area contributed by atoms with Crippen molar-refractivity contribution in [1.29, 1.82) is 0 Å². The zero-order valence-electron chi connectivity index (χ0n) is 12.5. The molecule has 0 aromatic heterocycles. The van der Waals surface area contributed by atoms with Gasteiger partial charge in [-0.3, -0.25) is 0 Å². The van der Waals surface area contributed by atoms with E-state index in [4.69, 9.17) is 34.8 Å². The lowest BCUT2D eigenvalue weighted by atomic mass is 9.65. The van der Waals surface area contributed by atoms with Crippen LogP contribution in [0.4, 0.5) is 0 Å². The summed E-state index contributed by atoms with van der Waals surface area (Å²) in [4.78, 5) is -0.538. The largest absolute Gasteiger partial charge is 0.120 e. The molecule has 0 unspecified atom stereocenters. The summed E-state index contributed by atoms with van der Waals surface area (Å²) in [6, 6.07) is 0. The highest BCUT2D eigenvalue weighted by molar-refractivity contribution is 6.24. The molecular formula is C15H27Cl3. The molecule has 108 valence electrons. The van der Waals surface area contributed by atoms with Gasteiger partial charge in [0.15, 0.2) is 0 Å². The summed E-state index contributed by atoms with van der Waals surface area (Å²) in [6.07, 6.45) is 3.32. The van der Waals surface area contributed by atoms with Crippen LogP contribution < -0.4 is 0 Å². The van der Waals surface area contributed by atoms with Gasteiger partial charge in [0.1, 0.15) is 0 Å². The molecule has 1 saturated carbocycles. The molecule has 1 rings (SSSR count). The van der Waals surface area contributed by atoms with E-state index in [-0.39, 0.29) is 14.6 Å². The van der Waals surface area contributed by atoms with Crippen LogP contribution in [0.15, 0.2) is 0 Å². The Morgan fingerprint density at radius 1 is 0.556 bits per heavy atom. The lowest BCUT2D eigenvalue weighted by Crippen LogP contribution is -2.43. The van der Waals surface area contributed by atoms with Crippen LogP contribution in [0.3, 0.4) is 0 Å². The molecule has 0 atom stereocenters. The molecule has 0 aromatic rings. The van der Waals surface area contributed by atoms with Gasteiger partial charge in [0.2, 0.25) is 0 Å². The van der Waals surface area contributed by atoms with Crippen LogP contribution in [-0.4, -0.2) is 14.6 Å². The smallest absolute Gasteiger partial charge is 0.0419 e. The monoisotopic (exact) mass is 312 g/mol. The second-order valence-electron chi connectivity index (χ2n) is 7.49. The molecule has 0 spiro atoms. The number of rotatable bonds is 3. The fourth-order valence-electron chi connectivity index (χ4n) is 3.00. The summed E-state index contributed by atoms with van der Waals surface area (Å²) in [6.45, 7) is 12.7. The zero-order chi connectivity index (χ0) is 14.4. The van der Waals surface area contributed by atoms with Crippen LogP contribution >= 0.6 is 34.8 Å². The first-order valence-corrected chi connectivity index (χ1v) is 8.02. The molecule has 0 aliphatic heterocycles. The highest BCUT2D eigenvalue weighted by Crippen LogP contribution is 2.50. The van der Waals surface area contributed by atoms with E-state index >= 15 is 0 Å². The Morgan fingerprint density at radius 3 is 0.833 bits per heavy atom. The summed E-state index contributed by atoms with van der Waals surface area (Å²) < 4.78 is 0. The minimum Gasteiger partial charge on any atom is -0.120 e. The van der Waals surface area contributed by atoms with E-state index < -0.39 is 0 Å². The third kappa shape index (κ3) is 4.46. The minimum absolute atomic E-state index is 0.179. The van der Waals surface area contributed by atoms with Crippen molar-refractivity contribution < 1.29 is 0 Å². The maximum atomic E-state index is 6.56. The van der Waals surface area contributed by atoms with Crippen molar-refractivity contribution >= 4 is 34.8 Å². The fourth-order valence-corrected chi connectivity index (χ4v) is 3.54. The molecule has 0 radical (unpaired) electrons. The van der Waals surface area contributed by atoms with Crippen molar-refractivity contribution in [3.05, 3.63) is 0 Å². The third-order valence-corrected chi connectivity index (χ3v) is 5.55. The molecule has 0 nitrogen and oxygen atoms in total. The molecule has 1 fully saturated rings. The number of hydrogen-bond donors (Lipinski definition) is 0. The Labute approximate surface area is 128 Å². The van der Waals surface area contributed by atoms with Crippen LogP contribution in [0.2, 0.25) is 0 Å². The Balaban J connectivity index is 2.93. The molecule has 0 amide bonds. The van der Waals surface area contributed by atoms with Crippen LogP contribution in [0.25, 0.3) is 0 Å². The van der Waals surface area contributed by atoms with E-state index in [1.54, 1.807) is 0 Å². The van der Waals surface area contributed by atoms with Crippen LogP contribution in [-0.2, 0) is 0 Å². The molecule has 0 aromatic carbocycles. The highest BCUT2D eigenvalue weighted by atomic mass is 35.5. The van der Waals surface area contributed by atoms with Crippen molar-refractivity contribution in [1.82, 2.24) is 0 Å². The molecule has 3 heteroatoms. The molecule has 0 heterocycles. The maximum absolute atomic E-state index is 6.56. The first kappa shape index (κ1) is 16.9. The highest BCUT2D eigenvalue weighted by Gasteiger charge is 2.44. The molecule has 0 bridgehead atoms. The molecule has 1 aliphatic carbocycles. The minimum atomic E-state index is -0.179. The fraction of sp³-hybridized carbons (Fsp3) is 1.00. The van der Waals surface area contributed by atoms with E-state index in [0.717, 1.165) is 19.3 Å². The predicted molar refractivity (Wildman–Crippen MR) is 84.1 cm³/mol. The van der Waals surface area contributed by atoms with Crippen LogP contribution in [0.1, 0.15) is 60.8 Å². The van der Waals surface area contributed by atoms with Crippen molar-refractivity contribution in [2.45, 2.75) is 75.4 Å². The summed E-state index contributed by atoms with van der Waals surface area (Å²) in [7, 11) is 0. The average Bonchev–Trinajstić information content (AvgIpc) is 2.13. The van der Waals surface area contributed by atoms with Gasteiger partial charge in [0.25, 0.3) is 0 Å². The van der Waals surface area contributed by atoms with Gasteiger partial charge in [0.05, 0.1) is 0 Å². The van der Waals surface area contributed by atoms with Crippen molar-refractivity contribution in [3.63, 3.8) is 0 Å². The van der Waals surface area contributed by atoms with Gasteiger partial charge in [-0.15, -0.1) is 34.8 Å². The number of halogens is 3. The Kier molecular flexibility index (Phi) is 5.02. The lowest BCUT2D eigenvalue weighted by Gasteiger charge is -2.47. The van der Waals surface area contributed by atoms with Gasteiger partial charge in [-0.2, -0.15) is 0 Å². The number of alkyl halides is 3. The normalized spacial score (nSPS) is 31.5. The van der Waals surface area contributed by atoms with Crippen LogP contribution in [0, 0.1) is 17.8 Å². The Bertz CT molecular complexity index is 224. The van der Waals surface area contributed by atoms with Gasteiger partial charge in [-0.25, -0.2) is 0 Å². The Hall–Kier alpha value is 0.870. The van der Waals surface area contributed by atoms with Crippen LogP contribution in [0.5, 0.6) is 0 Å². The lowest BCUT2D eigenvalue weighted by molar-refractivity contribution is 0.125. The molecule has 18 heavy (non-hydrogen) atoms. The quantitative estimate of drug-likeness (QED) is 0.555. The van der Waals surface area contributed by atoms with Crippen molar-refractivity contribution in [2.24, 2.45) is 17.8 Å². The standard InChI is InChI=1S/C15H27Cl3/c1-13(2,16)10-7-11(14(3,4)17)9-12(8-10)15(5,6)18/h10-12H,7-9H2,1-6H3. The van der Waals surface area contributed by atoms with Gasteiger partial charge in [0, 0.05) is 14.6 Å². The summed E-state index contributed by atoms with van der Waals surface area (Å²) in [5.74, 6) is 1.46. The van der Waals surface area contributed by atoms with Crippen molar-refractivity contribution in [2.75, 3.05) is 0 Å². The first-order valence-electron chi connectivity index (χ1n) is 6.88. The summed E-state index contributed by atoms with van der Waals surface area (Å²) in [5, 5.41) is 0. The van der Waals surface area contributed by atoms with E-state index in [2.05, 4.69) is 41.5 Å². The summed E-state index contributed by atoms with van der Waals surface area (Å²) >= 11 is 19.7. The van der Waals surface area contributed by atoms with Gasteiger partial charge in [-0.05, 0) is 78.6 Å². The van der Waals surface area contributed by atoms with Gasteiger partial charge in [-0.1, -0.05) is 0 Å². The maximum Gasteiger partial charge on any atom is 0.0419 e. The summed E-state index contributed by atoms with van der Waals surface area (Å²) in [5.41, 5.74) is 0. The van der Waals surface area contributed by atoms with Gasteiger partial charge >= 0.3 is 0 Å². The topological polar surface area (TPSA) is 0 Å². The Morgan fingerprint density at radius 2 is 0.722 bits per heavy atom.